The lowest BCUT2D eigenvalue weighted by molar-refractivity contribution is -0.115. The normalized spacial score (nSPS) is 10.5. The number of aryl methyl sites for hydroxylation is 1. The van der Waals surface area contributed by atoms with Gasteiger partial charge in [-0.1, -0.05) is 42.5 Å². The number of rotatable bonds is 7. The maximum Gasteiger partial charge on any atom is 0.254 e. The number of ether oxygens (including phenoxy) is 1. The molecule has 3 N–H and O–H groups in total. The summed E-state index contributed by atoms with van der Waals surface area (Å²) in [6, 6.07) is 20.0. The van der Waals surface area contributed by atoms with E-state index in [1.54, 1.807) is 36.4 Å². The van der Waals surface area contributed by atoms with Crippen LogP contribution in [0.1, 0.15) is 20.8 Å². The highest BCUT2D eigenvalue weighted by molar-refractivity contribution is 7.16. The van der Waals surface area contributed by atoms with Crippen LogP contribution in [0.15, 0.2) is 72.9 Å². The fourth-order valence-corrected chi connectivity index (χ4v) is 3.96. The standard InChI is InChI=1S/C24H20N4O3S/c1-15-21(17-6-3-2-4-7-17)28-24(32-15)27-20(29)14-16-9-11-18(12-10-16)31-23-19(22(25)30)8-5-13-26-23/h2-13H,14H2,1H3,(H2,25,30)(H,27,28,29). The van der Waals surface area contributed by atoms with Crippen molar-refractivity contribution < 1.29 is 14.3 Å². The number of pyridine rings is 1. The molecule has 2 aromatic heterocycles. The molecule has 0 saturated carbocycles. The van der Waals surface area contributed by atoms with Crippen LogP contribution in [0.5, 0.6) is 11.6 Å². The number of nitrogens with zero attached hydrogens (tertiary/aromatic N) is 2. The van der Waals surface area contributed by atoms with E-state index in [-0.39, 0.29) is 23.8 Å². The van der Waals surface area contributed by atoms with Gasteiger partial charge in [-0.05, 0) is 36.8 Å². The number of anilines is 1. The first-order chi connectivity index (χ1) is 15.5. The molecule has 2 heterocycles. The van der Waals surface area contributed by atoms with Crippen LogP contribution in [0.3, 0.4) is 0 Å². The third-order valence-electron chi connectivity index (χ3n) is 4.63. The highest BCUT2D eigenvalue weighted by Gasteiger charge is 2.13. The first-order valence-electron chi connectivity index (χ1n) is 9.84. The van der Waals surface area contributed by atoms with Crippen molar-refractivity contribution >= 4 is 28.3 Å². The first kappa shape index (κ1) is 21.2. The van der Waals surface area contributed by atoms with Gasteiger partial charge >= 0.3 is 0 Å². The molecule has 32 heavy (non-hydrogen) atoms. The minimum atomic E-state index is -0.616. The molecular weight excluding hydrogens is 424 g/mol. The Balaban J connectivity index is 1.39. The summed E-state index contributed by atoms with van der Waals surface area (Å²) in [5, 5.41) is 3.44. The summed E-state index contributed by atoms with van der Waals surface area (Å²) in [5.41, 5.74) is 8.24. The van der Waals surface area contributed by atoms with E-state index in [0.717, 1.165) is 21.7 Å². The third kappa shape index (κ3) is 4.98. The molecule has 0 aliphatic carbocycles. The van der Waals surface area contributed by atoms with Crippen LogP contribution in [-0.4, -0.2) is 21.8 Å². The number of carbonyl (C=O) groups is 2. The van der Waals surface area contributed by atoms with Crippen molar-refractivity contribution in [2.45, 2.75) is 13.3 Å². The van der Waals surface area contributed by atoms with Gasteiger partial charge in [0.2, 0.25) is 11.8 Å². The maximum absolute atomic E-state index is 12.5. The molecule has 0 radical (unpaired) electrons. The van der Waals surface area contributed by atoms with Crippen LogP contribution in [-0.2, 0) is 11.2 Å². The Kier molecular flexibility index (Phi) is 6.23. The minimum Gasteiger partial charge on any atom is -0.438 e. The van der Waals surface area contributed by atoms with Crippen molar-refractivity contribution in [2.24, 2.45) is 5.73 Å². The van der Waals surface area contributed by atoms with Crippen molar-refractivity contribution in [1.29, 1.82) is 0 Å². The van der Waals surface area contributed by atoms with Crippen molar-refractivity contribution in [3.8, 4) is 22.9 Å². The Morgan fingerprint density at radius 3 is 2.50 bits per heavy atom. The molecule has 8 heteroatoms. The first-order valence-corrected chi connectivity index (χ1v) is 10.7. The Labute approximate surface area is 188 Å². The summed E-state index contributed by atoms with van der Waals surface area (Å²) in [6.45, 7) is 1.99. The van der Waals surface area contributed by atoms with Crippen molar-refractivity contribution in [3.63, 3.8) is 0 Å². The van der Waals surface area contributed by atoms with E-state index in [2.05, 4.69) is 15.3 Å². The molecule has 0 bridgehead atoms. The van der Waals surface area contributed by atoms with Gasteiger partial charge < -0.3 is 15.8 Å². The van der Waals surface area contributed by atoms with E-state index in [1.165, 1.54) is 17.5 Å². The smallest absolute Gasteiger partial charge is 0.254 e. The molecule has 0 fully saturated rings. The molecule has 0 spiro atoms. The van der Waals surface area contributed by atoms with E-state index in [4.69, 9.17) is 10.5 Å². The van der Waals surface area contributed by atoms with Gasteiger partial charge in [0.25, 0.3) is 5.91 Å². The number of thiazole rings is 1. The molecule has 0 unspecified atom stereocenters. The van der Waals surface area contributed by atoms with Gasteiger partial charge in [0.05, 0.1) is 12.1 Å². The highest BCUT2D eigenvalue weighted by atomic mass is 32.1. The Morgan fingerprint density at radius 1 is 1.03 bits per heavy atom. The molecule has 0 aliphatic heterocycles. The van der Waals surface area contributed by atoms with Crippen LogP contribution in [0.4, 0.5) is 5.13 Å². The van der Waals surface area contributed by atoms with Crippen molar-refractivity contribution in [1.82, 2.24) is 9.97 Å². The summed E-state index contributed by atoms with van der Waals surface area (Å²) in [4.78, 5) is 33.6. The predicted octanol–water partition coefficient (Wildman–Crippen LogP) is 4.59. The zero-order chi connectivity index (χ0) is 22.5. The number of nitrogens with two attached hydrogens (primary N) is 1. The Morgan fingerprint density at radius 2 is 1.78 bits per heavy atom. The van der Waals surface area contributed by atoms with Crippen molar-refractivity contribution in [3.05, 3.63) is 88.9 Å². The van der Waals surface area contributed by atoms with E-state index in [9.17, 15) is 9.59 Å². The lowest BCUT2D eigenvalue weighted by atomic mass is 10.1. The predicted molar refractivity (Wildman–Crippen MR) is 124 cm³/mol. The molecular formula is C24H20N4O3S. The molecule has 160 valence electrons. The maximum atomic E-state index is 12.5. The van der Waals surface area contributed by atoms with Gasteiger partial charge in [-0.25, -0.2) is 9.97 Å². The molecule has 0 aliphatic rings. The van der Waals surface area contributed by atoms with Gasteiger partial charge in [0.15, 0.2) is 5.13 Å². The second-order valence-electron chi connectivity index (χ2n) is 6.98. The van der Waals surface area contributed by atoms with Gasteiger partial charge in [0, 0.05) is 16.6 Å². The largest absolute Gasteiger partial charge is 0.438 e. The zero-order valence-electron chi connectivity index (χ0n) is 17.2. The quantitative estimate of drug-likeness (QED) is 0.434. The molecule has 0 atom stereocenters. The number of benzene rings is 2. The van der Waals surface area contributed by atoms with Gasteiger partial charge in [-0.2, -0.15) is 0 Å². The van der Waals surface area contributed by atoms with E-state index < -0.39 is 5.91 Å². The molecule has 4 rings (SSSR count). The number of amides is 2. The van der Waals surface area contributed by atoms with Crippen LogP contribution >= 0.6 is 11.3 Å². The number of hydrogen-bond acceptors (Lipinski definition) is 6. The molecule has 2 aromatic carbocycles. The summed E-state index contributed by atoms with van der Waals surface area (Å²) in [6.07, 6.45) is 1.71. The van der Waals surface area contributed by atoms with Gasteiger partial charge in [0.1, 0.15) is 11.3 Å². The van der Waals surface area contributed by atoms with E-state index >= 15 is 0 Å². The molecule has 2 amide bonds. The topological polar surface area (TPSA) is 107 Å². The van der Waals surface area contributed by atoms with Crippen LogP contribution in [0.25, 0.3) is 11.3 Å². The van der Waals surface area contributed by atoms with Crippen molar-refractivity contribution in [2.75, 3.05) is 5.32 Å². The monoisotopic (exact) mass is 444 g/mol. The summed E-state index contributed by atoms with van der Waals surface area (Å²) < 4.78 is 5.66. The minimum absolute atomic E-state index is 0.138. The lowest BCUT2D eigenvalue weighted by Crippen LogP contribution is -2.14. The third-order valence-corrected chi connectivity index (χ3v) is 5.52. The fourth-order valence-electron chi connectivity index (χ4n) is 3.11. The number of aromatic nitrogens is 2. The molecule has 7 nitrogen and oxygen atoms in total. The lowest BCUT2D eigenvalue weighted by Gasteiger charge is -2.08. The summed E-state index contributed by atoms with van der Waals surface area (Å²) in [7, 11) is 0. The van der Waals surface area contributed by atoms with Gasteiger partial charge in [-0.3, -0.25) is 9.59 Å². The van der Waals surface area contributed by atoms with E-state index in [0.29, 0.717) is 10.9 Å². The summed E-state index contributed by atoms with van der Waals surface area (Å²) >= 11 is 1.45. The van der Waals surface area contributed by atoms with Gasteiger partial charge in [-0.15, -0.1) is 11.3 Å². The number of nitrogens with one attached hydrogen (secondary N) is 1. The Bertz CT molecular complexity index is 1250. The number of hydrogen-bond donors (Lipinski definition) is 2. The average molecular weight is 445 g/mol. The number of carbonyl (C=O) groups excluding carboxylic acids is 2. The molecule has 0 saturated heterocycles. The SMILES string of the molecule is Cc1sc(NC(=O)Cc2ccc(Oc3ncccc3C(N)=O)cc2)nc1-c1ccccc1. The van der Waals surface area contributed by atoms with Crippen LogP contribution in [0, 0.1) is 6.92 Å². The highest BCUT2D eigenvalue weighted by Crippen LogP contribution is 2.30. The second-order valence-corrected chi connectivity index (χ2v) is 8.18. The Hall–Kier alpha value is -4.04. The molecule has 4 aromatic rings. The average Bonchev–Trinajstić information content (AvgIpc) is 3.15. The van der Waals surface area contributed by atoms with Crippen LogP contribution in [0.2, 0.25) is 0 Å². The second kappa shape index (κ2) is 9.40. The summed E-state index contributed by atoms with van der Waals surface area (Å²) in [5.74, 6) is -0.153. The zero-order valence-corrected chi connectivity index (χ0v) is 18.1. The fraction of sp³-hybridized carbons (Fsp3) is 0.0833. The number of primary amides is 1. The van der Waals surface area contributed by atoms with E-state index in [1.807, 2.05) is 37.3 Å². The van der Waals surface area contributed by atoms with Crippen LogP contribution < -0.4 is 15.8 Å².